The second-order valence-corrected chi connectivity index (χ2v) is 6.65. The summed E-state index contributed by atoms with van der Waals surface area (Å²) >= 11 is 6.20. The van der Waals surface area contributed by atoms with E-state index < -0.39 is 0 Å². The largest absolute Gasteiger partial charge is 0.488 e. The molecule has 0 aromatic heterocycles. The monoisotopic (exact) mass is 373 g/mol. The van der Waals surface area contributed by atoms with Crippen molar-refractivity contribution in [3.8, 4) is 5.75 Å². The van der Waals surface area contributed by atoms with Gasteiger partial charge in [-0.3, -0.25) is 0 Å². The molecule has 0 aliphatic carbocycles. The van der Waals surface area contributed by atoms with Gasteiger partial charge >= 0.3 is 0 Å². The number of hydrogen-bond acceptors (Lipinski definition) is 2. The molecule has 1 atom stereocenters. The minimum absolute atomic E-state index is 0. The van der Waals surface area contributed by atoms with Crippen LogP contribution < -0.4 is 10.1 Å². The molecule has 2 nitrogen and oxygen atoms in total. The van der Waals surface area contributed by atoms with Gasteiger partial charge in [0.05, 0.1) is 0 Å². The lowest BCUT2D eigenvalue weighted by Gasteiger charge is -2.16. The highest BCUT2D eigenvalue weighted by molar-refractivity contribution is 6.18. The summed E-state index contributed by atoms with van der Waals surface area (Å²) < 4.78 is 6.18. The summed E-state index contributed by atoms with van der Waals surface area (Å²) in [5, 5.41) is 5.95. The molecular weight excluding hydrogens is 353 g/mol. The van der Waals surface area contributed by atoms with Crippen LogP contribution in [0, 0.1) is 6.92 Å². The van der Waals surface area contributed by atoms with Gasteiger partial charge in [0.25, 0.3) is 0 Å². The van der Waals surface area contributed by atoms with E-state index in [9.17, 15) is 0 Å². The van der Waals surface area contributed by atoms with E-state index >= 15 is 0 Å². The van der Waals surface area contributed by atoms with Gasteiger partial charge in [0, 0.05) is 35.5 Å². The summed E-state index contributed by atoms with van der Waals surface area (Å²) in [5.74, 6) is 1.92. The number of anilines is 1. The van der Waals surface area contributed by atoms with Crippen LogP contribution in [0.4, 0.5) is 5.69 Å². The maximum absolute atomic E-state index is 6.20. The van der Waals surface area contributed by atoms with Crippen LogP contribution in [0.2, 0.25) is 0 Å². The fourth-order valence-corrected chi connectivity index (χ4v) is 3.81. The molecule has 4 heteroatoms. The molecule has 0 saturated heterocycles. The Morgan fingerprint density at radius 1 is 1.12 bits per heavy atom. The summed E-state index contributed by atoms with van der Waals surface area (Å²) in [6.45, 7) is 3.62. The Labute approximate surface area is 159 Å². The predicted octanol–water partition coefficient (Wildman–Crippen LogP) is 5.90. The number of rotatable bonds is 4. The van der Waals surface area contributed by atoms with Gasteiger partial charge in [-0.05, 0) is 29.0 Å². The minimum atomic E-state index is 0. The fraction of sp³-hybridized carbons (Fsp3) is 0.238. The van der Waals surface area contributed by atoms with Crippen LogP contribution in [-0.4, -0.2) is 12.4 Å². The summed E-state index contributed by atoms with van der Waals surface area (Å²) in [5.41, 5.74) is 4.94. The summed E-state index contributed by atoms with van der Waals surface area (Å²) in [7, 11) is 0. The predicted molar refractivity (Wildman–Crippen MR) is 109 cm³/mol. The first-order valence-corrected chi connectivity index (χ1v) is 8.84. The third-order valence-corrected chi connectivity index (χ3v) is 5.12. The quantitative estimate of drug-likeness (QED) is 0.575. The molecule has 0 saturated carbocycles. The smallest absolute Gasteiger partial charge is 0.129 e. The molecule has 0 bridgehead atoms. The Balaban J connectivity index is 0.00000182. The van der Waals surface area contributed by atoms with Gasteiger partial charge in [0.1, 0.15) is 12.4 Å². The average Bonchev–Trinajstić information content (AvgIpc) is 3.03. The van der Waals surface area contributed by atoms with Crippen molar-refractivity contribution >= 4 is 40.5 Å². The molecule has 0 radical (unpaired) electrons. The highest BCUT2D eigenvalue weighted by atomic mass is 35.5. The van der Waals surface area contributed by atoms with E-state index in [0.717, 1.165) is 18.0 Å². The maximum Gasteiger partial charge on any atom is 0.129 e. The van der Waals surface area contributed by atoms with E-state index in [0.29, 0.717) is 18.4 Å². The van der Waals surface area contributed by atoms with E-state index in [2.05, 4.69) is 48.6 Å². The maximum atomic E-state index is 6.20. The number of benzene rings is 3. The SMILES string of the molecule is Cc1cccc2c(OCc3ccccc3)cc3c(c12)C(CCl)CN3.Cl. The van der Waals surface area contributed by atoms with Crippen molar-refractivity contribution in [1.82, 2.24) is 0 Å². The van der Waals surface area contributed by atoms with Crippen molar-refractivity contribution in [2.75, 3.05) is 17.7 Å². The van der Waals surface area contributed by atoms with Gasteiger partial charge in [0.15, 0.2) is 0 Å². The minimum Gasteiger partial charge on any atom is -0.488 e. The van der Waals surface area contributed by atoms with Gasteiger partial charge in [-0.1, -0.05) is 48.5 Å². The van der Waals surface area contributed by atoms with Gasteiger partial charge in [-0.15, -0.1) is 24.0 Å². The molecule has 1 heterocycles. The van der Waals surface area contributed by atoms with Crippen molar-refractivity contribution in [3.05, 3.63) is 71.3 Å². The van der Waals surface area contributed by atoms with E-state index in [-0.39, 0.29) is 12.4 Å². The average molecular weight is 374 g/mol. The summed E-state index contributed by atoms with van der Waals surface area (Å²) in [4.78, 5) is 0. The second kappa shape index (κ2) is 7.55. The first kappa shape index (κ1) is 17.9. The zero-order valence-electron chi connectivity index (χ0n) is 14.1. The lowest BCUT2D eigenvalue weighted by atomic mass is 9.92. The molecule has 25 heavy (non-hydrogen) atoms. The molecule has 0 amide bonds. The van der Waals surface area contributed by atoms with Crippen LogP contribution in [0.15, 0.2) is 54.6 Å². The molecule has 1 unspecified atom stereocenters. The number of halogens is 2. The first-order valence-electron chi connectivity index (χ1n) is 8.30. The number of hydrogen-bond donors (Lipinski definition) is 1. The van der Waals surface area contributed by atoms with Crippen LogP contribution in [-0.2, 0) is 6.61 Å². The van der Waals surface area contributed by atoms with Gasteiger partial charge < -0.3 is 10.1 Å². The van der Waals surface area contributed by atoms with Gasteiger partial charge in [0.2, 0.25) is 0 Å². The third-order valence-electron chi connectivity index (χ3n) is 4.74. The standard InChI is InChI=1S/C21H20ClNO.ClH/c1-14-6-5-9-17-19(24-13-15-7-3-2-4-8-15)10-18-21(20(14)17)16(11-22)12-23-18;/h2-10,16,23H,11-13H2,1H3;1H. The van der Waals surface area contributed by atoms with Gasteiger partial charge in [-0.2, -0.15) is 0 Å². The fourth-order valence-electron chi connectivity index (χ4n) is 3.54. The van der Waals surface area contributed by atoms with E-state index in [1.165, 1.54) is 27.5 Å². The van der Waals surface area contributed by atoms with Crippen molar-refractivity contribution in [2.24, 2.45) is 0 Å². The van der Waals surface area contributed by atoms with E-state index in [1.54, 1.807) is 0 Å². The highest BCUT2D eigenvalue weighted by Gasteiger charge is 2.26. The van der Waals surface area contributed by atoms with Crippen LogP contribution in [0.3, 0.4) is 0 Å². The lowest BCUT2D eigenvalue weighted by Crippen LogP contribution is -2.03. The Morgan fingerprint density at radius 2 is 1.92 bits per heavy atom. The zero-order chi connectivity index (χ0) is 16.5. The number of ether oxygens (including phenoxy) is 1. The normalized spacial score (nSPS) is 15.4. The Kier molecular flexibility index (Phi) is 5.41. The molecule has 1 aliphatic rings. The van der Waals surface area contributed by atoms with Crippen molar-refractivity contribution < 1.29 is 4.74 Å². The number of nitrogens with one attached hydrogen (secondary N) is 1. The number of aryl methyl sites for hydroxylation is 1. The van der Waals surface area contributed by atoms with E-state index in [4.69, 9.17) is 16.3 Å². The lowest BCUT2D eigenvalue weighted by molar-refractivity contribution is 0.310. The van der Waals surface area contributed by atoms with Crippen molar-refractivity contribution in [3.63, 3.8) is 0 Å². The second-order valence-electron chi connectivity index (χ2n) is 6.34. The molecule has 0 spiro atoms. The van der Waals surface area contributed by atoms with Crippen molar-refractivity contribution in [1.29, 1.82) is 0 Å². The summed E-state index contributed by atoms with van der Waals surface area (Å²) in [6, 6.07) is 18.8. The topological polar surface area (TPSA) is 21.3 Å². The Hall–Kier alpha value is -1.90. The van der Waals surface area contributed by atoms with Crippen LogP contribution in [0.5, 0.6) is 5.75 Å². The van der Waals surface area contributed by atoms with Crippen LogP contribution in [0.1, 0.15) is 22.6 Å². The molecule has 130 valence electrons. The Morgan fingerprint density at radius 3 is 2.68 bits per heavy atom. The molecule has 1 N–H and O–H groups in total. The number of alkyl halides is 1. The van der Waals surface area contributed by atoms with Crippen molar-refractivity contribution in [2.45, 2.75) is 19.4 Å². The molecule has 3 aromatic rings. The molecular formula is C21H21Cl2NO. The number of fused-ring (bicyclic) bond motifs is 3. The zero-order valence-corrected chi connectivity index (χ0v) is 15.7. The molecule has 3 aromatic carbocycles. The third kappa shape index (κ3) is 3.29. The molecule has 4 rings (SSSR count). The van der Waals surface area contributed by atoms with E-state index in [1.807, 2.05) is 18.2 Å². The van der Waals surface area contributed by atoms with Crippen LogP contribution >= 0.6 is 24.0 Å². The summed E-state index contributed by atoms with van der Waals surface area (Å²) in [6.07, 6.45) is 0. The van der Waals surface area contributed by atoms with Gasteiger partial charge in [-0.25, -0.2) is 0 Å². The molecule has 1 aliphatic heterocycles. The molecule has 0 fully saturated rings. The van der Waals surface area contributed by atoms with Crippen LogP contribution in [0.25, 0.3) is 10.8 Å². The first-order chi connectivity index (χ1) is 11.8. The Bertz CT molecular complexity index is 880. The highest BCUT2D eigenvalue weighted by Crippen LogP contribution is 2.43.